The molecule has 0 bridgehead atoms. The molecule has 92 valence electrons. The molecule has 0 radical (unpaired) electrons. The van der Waals surface area contributed by atoms with Crippen LogP contribution in [0, 0.1) is 0 Å². The maximum atomic E-state index is 11.1. The average molecular weight is 252 g/mol. The van der Waals surface area contributed by atoms with E-state index in [1.54, 1.807) is 6.20 Å². The maximum Gasteiger partial charge on any atom is 0.337 e. The van der Waals surface area contributed by atoms with Crippen molar-refractivity contribution in [1.82, 2.24) is 4.98 Å². The normalized spacial score (nSPS) is 23.6. The highest BCUT2D eigenvalue weighted by molar-refractivity contribution is 7.99. The number of aromatic nitrogens is 1. The number of anilines is 1. The summed E-state index contributed by atoms with van der Waals surface area (Å²) in [6, 6.07) is 1.89. The molecule has 0 spiro atoms. The van der Waals surface area contributed by atoms with Crippen molar-refractivity contribution >= 4 is 23.4 Å². The molecule has 2 rings (SSSR count). The Balaban J connectivity index is 2.15. The molecule has 2 unspecified atom stereocenters. The fourth-order valence-electron chi connectivity index (χ4n) is 2.27. The maximum absolute atomic E-state index is 11.1. The van der Waals surface area contributed by atoms with Crippen LogP contribution in [-0.4, -0.2) is 33.6 Å². The van der Waals surface area contributed by atoms with Crippen molar-refractivity contribution in [2.45, 2.75) is 30.6 Å². The first-order valence-corrected chi connectivity index (χ1v) is 6.98. The molecule has 0 aromatic carbocycles. The van der Waals surface area contributed by atoms with E-state index in [4.69, 9.17) is 5.11 Å². The quantitative estimate of drug-likeness (QED) is 0.862. The first-order chi connectivity index (χ1) is 8.22. The molecular weight excluding hydrogens is 236 g/mol. The zero-order chi connectivity index (χ0) is 12.3. The standard InChI is InChI=1S/C12H16N2O2S/c1-17-11-4-2-3-9(11)14-10-7-13-6-5-8(10)12(15)16/h5-7,9,11,14H,2-4H2,1H3,(H,15,16). The van der Waals surface area contributed by atoms with Gasteiger partial charge in [0.25, 0.3) is 0 Å². The molecule has 1 saturated carbocycles. The van der Waals surface area contributed by atoms with E-state index in [-0.39, 0.29) is 0 Å². The SMILES string of the molecule is CSC1CCCC1Nc1cnccc1C(=O)O. The highest BCUT2D eigenvalue weighted by atomic mass is 32.2. The van der Waals surface area contributed by atoms with Gasteiger partial charge in [0.1, 0.15) is 0 Å². The van der Waals surface area contributed by atoms with Gasteiger partial charge >= 0.3 is 5.97 Å². The third-order valence-corrected chi connectivity index (χ3v) is 4.32. The lowest BCUT2D eigenvalue weighted by molar-refractivity contribution is 0.0698. The van der Waals surface area contributed by atoms with Crippen molar-refractivity contribution in [2.24, 2.45) is 0 Å². The minimum atomic E-state index is -0.909. The summed E-state index contributed by atoms with van der Waals surface area (Å²) in [7, 11) is 0. The first-order valence-electron chi connectivity index (χ1n) is 5.69. The van der Waals surface area contributed by atoms with Crippen molar-refractivity contribution < 1.29 is 9.90 Å². The number of nitrogens with zero attached hydrogens (tertiary/aromatic N) is 1. The highest BCUT2D eigenvalue weighted by Gasteiger charge is 2.27. The third-order valence-electron chi connectivity index (χ3n) is 3.15. The second kappa shape index (κ2) is 5.40. The van der Waals surface area contributed by atoms with Crippen LogP contribution in [0.15, 0.2) is 18.5 Å². The summed E-state index contributed by atoms with van der Waals surface area (Å²) in [5, 5.41) is 13.0. The molecule has 1 fully saturated rings. The number of hydrogen-bond donors (Lipinski definition) is 2. The Morgan fingerprint density at radius 2 is 2.41 bits per heavy atom. The Bertz CT molecular complexity index is 411. The van der Waals surface area contributed by atoms with Crippen LogP contribution >= 0.6 is 11.8 Å². The van der Waals surface area contributed by atoms with Gasteiger partial charge in [-0.2, -0.15) is 11.8 Å². The van der Waals surface area contributed by atoms with E-state index in [0.717, 1.165) is 6.42 Å². The highest BCUT2D eigenvalue weighted by Crippen LogP contribution is 2.31. The number of carbonyl (C=O) groups is 1. The Morgan fingerprint density at radius 1 is 1.59 bits per heavy atom. The second-order valence-corrected chi connectivity index (χ2v) is 5.26. The van der Waals surface area contributed by atoms with Gasteiger partial charge in [-0.1, -0.05) is 6.42 Å². The molecule has 1 aromatic rings. The summed E-state index contributed by atoms with van der Waals surface area (Å²) in [5.41, 5.74) is 0.928. The van der Waals surface area contributed by atoms with Crippen LogP contribution in [0.25, 0.3) is 0 Å². The van der Waals surface area contributed by atoms with Gasteiger partial charge in [-0.25, -0.2) is 4.79 Å². The minimum Gasteiger partial charge on any atom is -0.478 e. The molecule has 1 heterocycles. The van der Waals surface area contributed by atoms with Gasteiger partial charge in [0.15, 0.2) is 0 Å². The van der Waals surface area contributed by atoms with Crippen LogP contribution in [-0.2, 0) is 0 Å². The van der Waals surface area contributed by atoms with Gasteiger partial charge in [0.2, 0.25) is 0 Å². The summed E-state index contributed by atoms with van der Waals surface area (Å²) in [4.78, 5) is 15.1. The van der Waals surface area contributed by atoms with Crippen LogP contribution < -0.4 is 5.32 Å². The van der Waals surface area contributed by atoms with E-state index >= 15 is 0 Å². The van der Waals surface area contributed by atoms with E-state index < -0.39 is 5.97 Å². The number of pyridine rings is 1. The van der Waals surface area contributed by atoms with E-state index in [0.29, 0.717) is 22.5 Å². The minimum absolute atomic E-state index is 0.298. The fraction of sp³-hybridized carbons (Fsp3) is 0.500. The van der Waals surface area contributed by atoms with Gasteiger partial charge in [-0.15, -0.1) is 0 Å². The predicted octanol–water partition coefficient (Wildman–Crippen LogP) is 2.48. The van der Waals surface area contributed by atoms with Gasteiger partial charge in [-0.3, -0.25) is 4.98 Å². The lowest BCUT2D eigenvalue weighted by atomic mass is 10.2. The second-order valence-electron chi connectivity index (χ2n) is 4.18. The van der Waals surface area contributed by atoms with Gasteiger partial charge in [-0.05, 0) is 25.2 Å². The van der Waals surface area contributed by atoms with Crippen molar-refractivity contribution in [3.63, 3.8) is 0 Å². The average Bonchev–Trinajstić information content (AvgIpc) is 2.77. The number of carboxylic acid groups (broad SMARTS) is 1. The Morgan fingerprint density at radius 3 is 3.12 bits per heavy atom. The van der Waals surface area contributed by atoms with Crippen LogP contribution in [0.5, 0.6) is 0 Å². The molecule has 4 nitrogen and oxygen atoms in total. The summed E-state index contributed by atoms with van der Waals surface area (Å²) in [5.74, 6) is -0.909. The zero-order valence-electron chi connectivity index (χ0n) is 9.72. The van der Waals surface area contributed by atoms with Crippen molar-refractivity contribution in [2.75, 3.05) is 11.6 Å². The van der Waals surface area contributed by atoms with Gasteiger partial charge in [0.05, 0.1) is 17.4 Å². The number of carboxylic acids is 1. The van der Waals surface area contributed by atoms with E-state index in [1.807, 2.05) is 11.8 Å². The molecule has 0 saturated heterocycles. The topological polar surface area (TPSA) is 62.2 Å². The van der Waals surface area contributed by atoms with Crippen LogP contribution in [0.3, 0.4) is 0 Å². The molecule has 2 N–H and O–H groups in total. The monoisotopic (exact) mass is 252 g/mol. The lowest BCUT2D eigenvalue weighted by Gasteiger charge is -2.21. The van der Waals surface area contributed by atoms with Gasteiger partial charge in [0, 0.05) is 17.5 Å². The van der Waals surface area contributed by atoms with Crippen molar-refractivity contribution in [1.29, 1.82) is 0 Å². The van der Waals surface area contributed by atoms with Crippen LogP contribution in [0.1, 0.15) is 29.6 Å². The van der Waals surface area contributed by atoms with E-state index in [9.17, 15) is 4.79 Å². The first kappa shape index (κ1) is 12.2. The van der Waals surface area contributed by atoms with E-state index in [1.165, 1.54) is 25.1 Å². The van der Waals surface area contributed by atoms with Crippen molar-refractivity contribution in [3.8, 4) is 0 Å². The number of nitrogens with one attached hydrogen (secondary N) is 1. The molecule has 0 amide bonds. The predicted molar refractivity (Wildman–Crippen MR) is 69.8 cm³/mol. The molecule has 0 aliphatic heterocycles. The summed E-state index contributed by atoms with van der Waals surface area (Å²) >= 11 is 1.84. The molecule has 1 aliphatic rings. The summed E-state index contributed by atoms with van der Waals surface area (Å²) in [6.45, 7) is 0. The number of hydrogen-bond acceptors (Lipinski definition) is 4. The molecular formula is C12H16N2O2S. The van der Waals surface area contributed by atoms with Crippen LogP contribution in [0.2, 0.25) is 0 Å². The molecule has 17 heavy (non-hydrogen) atoms. The van der Waals surface area contributed by atoms with Crippen LogP contribution in [0.4, 0.5) is 5.69 Å². The fourth-order valence-corrected chi connectivity index (χ4v) is 3.20. The number of rotatable bonds is 4. The Hall–Kier alpha value is -1.23. The molecule has 1 aliphatic carbocycles. The Kier molecular flexibility index (Phi) is 3.89. The Labute approximate surface area is 105 Å². The zero-order valence-corrected chi connectivity index (χ0v) is 10.5. The third kappa shape index (κ3) is 2.72. The summed E-state index contributed by atoms with van der Waals surface area (Å²) in [6.07, 6.45) is 8.70. The lowest BCUT2D eigenvalue weighted by Crippen LogP contribution is -2.26. The number of aromatic carboxylic acids is 1. The summed E-state index contributed by atoms with van der Waals surface area (Å²) < 4.78 is 0. The largest absolute Gasteiger partial charge is 0.478 e. The van der Waals surface area contributed by atoms with E-state index in [2.05, 4.69) is 16.6 Å². The molecule has 2 atom stereocenters. The molecule has 5 heteroatoms. The van der Waals surface area contributed by atoms with Gasteiger partial charge < -0.3 is 10.4 Å². The molecule has 1 aromatic heterocycles. The smallest absolute Gasteiger partial charge is 0.337 e. The number of thioether (sulfide) groups is 1. The van der Waals surface area contributed by atoms with Crippen molar-refractivity contribution in [3.05, 3.63) is 24.0 Å².